The topological polar surface area (TPSA) is 24.9 Å². The Morgan fingerprint density at radius 2 is 2.00 bits per heavy atom. The van der Waals surface area contributed by atoms with E-state index in [1.165, 1.54) is 23.8 Å². The molecular formula is C15H20N2. The third-order valence-corrected chi connectivity index (χ3v) is 2.99. The molecule has 1 aromatic carbocycles. The maximum atomic E-state index is 4.47. The third-order valence-electron chi connectivity index (χ3n) is 2.99. The summed E-state index contributed by atoms with van der Waals surface area (Å²) in [5, 5.41) is 4.71. The zero-order valence-electron chi connectivity index (χ0n) is 10.4. The average molecular weight is 228 g/mol. The third kappa shape index (κ3) is 3.27. The second kappa shape index (κ2) is 6.36. The van der Waals surface area contributed by atoms with Gasteiger partial charge >= 0.3 is 0 Å². The lowest BCUT2D eigenvalue weighted by molar-refractivity contribution is 0.641. The number of para-hydroxylation sites is 1. The van der Waals surface area contributed by atoms with E-state index in [1.54, 1.807) is 0 Å². The average Bonchev–Trinajstić information content (AvgIpc) is 2.39. The number of nitrogens with one attached hydrogen (secondary N) is 1. The molecule has 0 atom stereocenters. The fraction of sp³-hybridized carbons (Fsp3) is 0.400. The van der Waals surface area contributed by atoms with Gasteiger partial charge in [-0.05, 0) is 37.6 Å². The molecule has 17 heavy (non-hydrogen) atoms. The van der Waals surface area contributed by atoms with Crippen molar-refractivity contribution in [2.24, 2.45) is 0 Å². The molecule has 1 N–H and O–H groups in total. The van der Waals surface area contributed by atoms with Gasteiger partial charge in [-0.2, -0.15) is 0 Å². The van der Waals surface area contributed by atoms with Crippen LogP contribution in [0.4, 0.5) is 0 Å². The van der Waals surface area contributed by atoms with Crippen LogP contribution in [0.15, 0.2) is 36.5 Å². The first-order valence-electron chi connectivity index (χ1n) is 6.45. The molecule has 0 saturated heterocycles. The van der Waals surface area contributed by atoms with Crippen LogP contribution in [0.1, 0.15) is 25.3 Å². The highest BCUT2D eigenvalue weighted by atomic mass is 14.8. The molecule has 0 aliphatic rings. The van der Waals surface area contributed by atoms with Gasteiger partial charge in [0.2, 0.25) is 0 Å². The predicted molar refractivity (Wildman–Crippen MR) is 73.2 cm³/mol. The standard InChI is InChI=1S/C15H20N2/c1-2-3-10-16-12-9-14-7-4-6-13-8-5-11-17-15(13)14/h4-8,11,16H,2-3,9-10,12H2,1H3. The molecule has 0 bridgehead atoms. The molecule has 0 spiro atoms. The first kappa shape index (κ1) is 12.1. The largest absolute Gasteiger partial charge is 0.316 e. The summed E-state index contributed by atoms with van der Waals surface area (Å²) < 4.78 is 0. The van der Waals surface area contributed by atoms with Gasteiger partial charge in [0.05, 0.1) is 5.52 Å². The minimum atomic E-state index is 1.04. The molecular weight excluding hydrogens is 208 g/mol. The SMILES string of the molecule is CCCCNCCc1cccc2cccnc12. The Bertz CT molecular complexity index is 460. The molecule has 0 aliphatic carbocycles. The Labute approximate surface area is 103 Å². The normalized spacial score (nSPS) is 10.9. The van der Waals surface area contributed by atoms with Gasteiger partial charge in [0.25, 0.3) is 0 Å². The highest BCUT2D eigenvalue weighted by molar-refractivity contribution is 5.81. The van der Waals surface area contributed by atoms with Crippen LogP contribution in [0.5, 0.6) is 0 Å². The molecule has 0 radical (unpaired) electrons. The first-order valence-corrected chi connectivity index (χ1v) is 6.45. The number of hydrogen-bond acceptors (Lipinski definition) is 2. The van der Waals surface area contributed by atoms with E-state index in [0.717, 1.165) is 25.0 Å². The van der Waals surface area contributed by atoms with E-state index in [9.17, 15) is 0 Å². The maximum Gasteiger partial charge on any atom is 0.0734 e. The van der Waals surface area contributed by atoms with Gasteiger partial charge < -0.3 is 5.32 Å². The minimum absolute atomic E-state index is 1.04. The van der Waals surface area contributed by atoms with Crippen LogP contribution < -0.4 is 5.32 Å². The zero-order chi connectivity index (χ0) is 11.9. The van der Waals surface area contributed by atoms with Gasteiger partial charge in [-0.25, -0.2) is 0 Å². The van der Waals surface area contributed by atoms with E-state index >= 15 is 0 Å². The fourth-order valence-corrected chi connectivity index (χ4v) is 2.02. The van der Waals surface area contributed by atoms with Crippen molar-refractivity contribution in [3.05, 3.63) is 42.1 Å². The van der Waals surface area contributed by atoms with Crippen molar-refractivity contribution in [2.45, 2.75) is 26.2 Å². The van der Waals surface area contributed by atoms with Crippen LogP contribution in [-0.4, -0.2) is 18.1 Å². The van der Waals surface area contributed by atoms with Crippen LogP contribution >= 0.6 is 0 Å². The molecule has 0 amide bonds. The Morgan fingerprint density at radius 1 is 1.12 bits per heavy atom. The summed E-state index contributed by atoms with van der Waals surface area (Å²) in [6, 6.07) is 10.5. The molecule has 0 unspecified atom stereocenters. The van der Waals surface area contributed by atoms with Gasteiger partial charge in [0.15, 0.2) is 0 Å². The van der Waals surface area contributed by atoms with Crippen molar-refractivity contribution < 1.29 is 0 Å². The lowest BCUT2D eigenvalue weighted by Gasteiger charge is -2.06. The number of pyridine rings is 1. The lowest BCUT2D eigenvalue weighted by atomic mass is 10.1. The number of benzene rings is 1. The fourth-order valence-electron chi connectivity index (χ4n) is 2.02. The highest BCUT2D eigenvalue weighted by Gasteiger charge is 2.00. The van der Waals surface area contributed by atoms with Gasteiger partial charge in [0.1, 0.15) is 0 Å². The summed E-state index contributed by atoms with van der Waals surface area (Å²) in [6.07, 6.45) is 5.44. The van der Waals surface area contributed by atoms with Crippen molar-refractivity contribution in [1.29, 1.82) is 0 Å². The summed E-state index contributed by atoms with van der Waals surface area (Å²) in [5.41, 5.74) is 2.49. The van der Waals surface area contributed by atoms with Gasteiger partial charge in [0, 0.05) is 11.6 Å². The Balaban J connectivity index is 1.98. The molecule has 1 aromatic heterocycles. The maximum absolute atomic E-state index is 4.47. The monoisotopic (exact) mass is 228 g/mol. The predicted octanol–water partition coefficient (Wildman–Crippen LogP) is 3.17. The van der Waals surface area contributed by atoms with Crippen molar-refractivity contribution in [2.75, 3.05) is 13.1 Å². The van der Waals surface area contributed by atoms with E-state index in [-0.39, 0.29) is 0 Å². The molecule has 90 valence electrons. The summed E-state index contributed by atoms with van der Waals surface area (Å²) in [5.74, 6) is 0. The molecule has 0 fully saturated rings. The summed E-state index contributed by atoms with van der Waals surface area (Å²) in [4.78, 5) is 4.47. The second-order valence-corrected chi connectivity index (χ2v) is 4.35. The van der Waals surface area contributed by atoms with E-state index in [1.807, 2.05) is 12.3 Å². The van der Waals surface area contributed by atoms with Crippen molar-refractivity contribution in [3.8, 4) is 0 Å². The summed E-state index contributed by atoms with van der Waals surface area (Å²) in [7, 11) is 0. The Morgan fingerprint density at radius 3 is 2.88 bits per heavy atom. The molecule has 2 rings (SSSR count). The number of hydrogen-bond donors (Lipinski definition) is 1. The number of fused-ring (bicyclic) bond motifs is 1. The zero-order valence-corrected chi connectivity index (χ0v) is 10.4. The van der Waals surface area contributed by atoms with Crippen LogP contribution in [0.2, 0.25) is 0 Å². The molecule has 2 nitrogen and oxygen atoms in total. The molecule has 2 aromatic rings. The van der Waals surface area contributed by atoms with E-state index < -0.39 is 0 Å². The number of rotatable bonds is 6. The minimum Gasteiger partial charge on any atom is -0.316 e. The highest BCUT2D eigenvalue weighted by Crippen LogP contribution is 2.15. The number of nitrogens with zero attached hydrogens (tertiary/aromatic N) is 1. The number of aromatic nitrogens is 1. The number of unbranched alkanes of at least 4 members (excludes halogenated alkanes) is 1. The molecule has 1 heterocycles. The Kier molecular flexibility index (Phi) is 4.51. The van der Waals surface area contributed by atoms with Gasteiger partial charge in [-0.15, -0.1) is 0 Å². The molecule has 2 heteroatoms. The molecule has 0 saturated carbocycles. The summed E-state index contributed by atoms with van der Waals surface area (Å²) >= 11 is 0. The smallest absolute Gasteiger partial charge is 0.0734 e. The van der Waals surface area contributed by atoms with Crippen LogP contribution in [0.3, 0.4) is 0 Å². The van der Waals surface area contributed by atoms with Gasteiger partial charge in [-0.3, -0.25) is 4.98 Å². The van der Waals surface area contributed by atoms with E-state index in [4.69, 9.17) is 0 Å². The van der Waals surface area contributed by atoms with Crippen LogP contribution in [0.25, 0.3) is 10.9 Å². The quantitative estimate of drug-likeness (QED) is 0.768. The lowest BCUT2D eigenvalue weighted by Crippen LogP contribution is -2.18. The van der Waals surface area contributed by atoms with Crippen LogP contribution in [0, 0.1) is 0 Å². The van der Waals surface area contributed by atoms with E-state index in [2.05, 4.69) is 41.5 Å². The van der Waals surface area contributed by atoms with Crippen molar-refractivity contribution >= 4 is 10.9 Å². The second-order valence-electron chi connectivity index (χ2n) is 4.35. The van der Waals surface area contributed by atoms with E-state index in [0.29, 0.717) is 0 Å². The molecule has 0 aliphatic heterocycles. The van der Waals surface area contributed by atoms with Crippen molar-refractivity contribution in [1.82, 2.24) is 10.3 Å². The summed E-state index contributed by atoms with van der Waals surface area (Å²) in [6.45, 7) is 4.38. The first-order chi connectivity index (χ1) is 8.42. The van der Waals surface area contributed by atoms with Crippen LogP contribution in [-0.2, 0) is 6.42 Å². The van der Waals surface area contributed by atoms with Gasteiger partial charge in [-0.1, -0.05) is 37.6 Å². The van der Waals surface area contributed by atoms with Crippen molar-refractivity contribution in [3.63, 3.8) is 0 Å². The Hall–Kier alpha value is -1.41.